The normalized spacial score (nSPS) is 18.6. The Bertz CT molecular complexity index is 357. The molecular weight excluding hydrogens is 176 g/mol. The molecule has 0 fully saturated rings. The van der Waals surface area contributed by atoms with Gasteiger partial charge in [-0.1, -0.05) is 12.1 Å². The van der Waals surface area contributed by atoms with Gasteiger partial charge in [0.15, 0.2) is 0 Å². The second kappa shape index (κ2) is 4.01. The summed E-state index contributed by atoms with van der Waals surface area (Å²) in [6.45, 7) is 0.651. The molecule has 2 rings (SSSR count). The molecule has 14 heavy (non-hydrogen) atoms. The van der Waals surface area contributed by atoms with Gasteiger partial charge in [-0.25, -0.2) is 0 Å². The average molecular weight is 188 g/mol. The van der Waals surface area contributed by atoms with E-state index in [9.17, 15) is 0 Å². The second-order valence-electron chi connectivity index (χ2n) is 3.35. The molecule has 3 nitrogen and oxygen atoms in total. The molecule has 72 valence electrons. The highest BCUT2D eigenvalue weighted by atomic mass is 16.5. The van der Waals surface area contributed by atoms with E-state index < -0.39 is 0 Å². The van der Waals surface area contributed by atoms with Crippen LogP contribution in [0, 0.1) is 11.3 Å². The summed E-state index contributed by atoms with van der Waals surface area (Å²) in [7, 11) is 0. The van der Waals surface area contributed by atoms with E-state index in [1.807, 2.05) is 24.3 Å². The van der Waals surface area contributed by atoms with Crippen molar-refractivity contribution in [3.05, 3.63) is 24.3 Å². The molecule has 0 bridgehead atoms. The maximum Gasteiger partial charge on any atom is 0.142 e. The van der Waals surface area contributed by atoms with E-state index in [1.165, 1.54) is 0 Å². The average Bonchev–Trinajstić information content (AvgIpc) is 2.26. The topological polar surface area (TPSA) is 45.0 Å². The van der Waals surface area contributed by atoms with Crippen LogP contribution in [0.25, 0.3) is 0 Å². The summed E-state index contributed by atoms with van der Waals surface area (Å²) in [6.07, 6.45) is 1.41. The van der Waals surface area contributed by atoms with Crippen LogP contribution in [-0.4, -0.2) is 12.6 Å². The summed E-state index contributed by atoms with van der Waals surface area (Å²) in [4.78, 5) is 0. The van der Waals surface area contributed by atoms with Crippen LogP contribution in [0.1, 0.15) is 12.8 Å². The third-order valence-electron chi connectivity index (χ3n) is 2.29. The number of ether oxygens (including phenoxy) is 1. The Balaban J connectivity index is 2.03. The number of anilines is 1. The van der Waals surface area contributed by atoms with Gasteiger partial charge in [0.1, 0.15) is 12.4 Å². The fraction of sp³-hybridized carbons (Fsp3) is 0.364. The molecule has 1 aliphatic rings. The molecule has 0 aromatic heterocycles. The first-order valence-corrected chi connectivity index (χ1v) is 4.75. The van der Waals surface area contributed by atoms with E-state index in [0.29, 0.717) is 13.0 Å². The summed E-state index contributed by atoms with van der Waals surface area (Å²) in [5.74, 6) is 0.903. The van der Waals surface area contributed by atoms with Gasteiger partial charge in [-0.3, -0.25) is 0 Å². The Morgan fingerprint density at radius 2 is 2.36 bits per heavy atom. The number of fused-ring (bicyclic) bond motifs is 1. The number of hydrogen-bond acceptors (Lipinski definition) is 3. The van der Waals surface area contributed by atoms with Crippen LogP contribution in [0.2, 0.25) is 0 Å². The van der Waals surface area contributed by atoms with Crippen molar-refractivity contribution in [1.82, 2.24) is 0 Å². The summed E-state index contributed by atoms with van der Waals surface area (Å²) >= 11 is 0. The zero-order valence-electron chi connectivity index (χ0n) is 7.86. The first-order chi connectivity index (χ1) is 6.90. The Hall–Kier alpha value is -1.69. The van der Waals surface area contributed by atoms with Crippen molar-refractivity contribution in [2.45, 2.75) is 18.9 Å². The molecule has 0 amide bonds. The van der Waals surface area contributed by atoms with Crippen LogP contribution in [0.3, 0.4) is 0 Å². The van der Waals surface area contributed by atoms with Gasteiger partial charge < -0.3 is 10.1 Å². The molecule has 1 heterocycles. The maximum absolute atomic E-state index is 8.47. The maximum atomic E-state index is 8.47. The third kappa shape index (κ3) is 1.80. The largest absolute Gasteiger partial charge is 0.489 e. The fourth-order valence-corrected chi connectivity index (χ4v) is 1.56. The first-order valence-electron chi connectivity index (χ1n) is 4.75. The van der Waals surface area contributed by atoms with Gasteiger partial charge >= 0.3 is 0 Å². The molecule has 1 N–H and O–H groups in total. The second-order valence-corrected chi connectivity index (χ2v) is 3.35. The summed E-state index contributed by atoms with van der Waals surface area (Å²) in [5.41, 5.74) is 1.03. The number of nitrogens with zero attached hydrogens (tertiary/aromatic N) is 1. The van der Waals surface area contributed by atoms with E-state index in [2.05, 4.69) is 11.4 Å². The zero-order valence-corrected chi connectivity index (χ0v) is 7.86. The van der Waals surface area contributed by atoms with E-state index in [-0.39, 0.29) is 6.04 Å². The van der Waals surface area contributed by atoms with Gasteiger partial charge in [0.05, 0.1) is 17.8 Å². The summed E-state index contributed by atoms with van der Waals surface area (Å²) in [5, 5.41) is 11.8. The summed E-state index contributed by atoms with van der Waals surface area (Å²) in [6, 6.07) is 10.3. The Morgan fingerprint density at radius 1 is 1.50 bits per heavy atom. The molecular formula is C11H12N2O. The highest BCUT2D eigenvalue weighted by molar-refractivity contribution is 5.58. The Kier molecular flexibility index (Phi) is 2.55. The summed E-state index contributed by atoms with van der Waals surface area (Å²) < 4.78 is 5.56. The molecule has 1 aromatic carbocycles. The molecule has 0 spiro atoms. The van der Waals surface area contributed by atoms with Crippen LogP contribution >= 0.6 is 0 Å². The molecule has 1 unspecified atom stereocenters. The van der Waals surface area contributed by atoms with Gasteiger partial charge in [0.25, 0.3) is 0 Å². The minimum Gasteiger partial charge on any atom is -0.489 e. The first kappa shape index (κ1) is 8.89. The molecule has 0 radical (unpaired) electrons. The molecule has 1 atom stereocenters. The SMILES string of the molecule is N#CCCC1COc2ccccc2N1. The van der Waals surface area contributed by atoms with Crippen molar-refractivity contribution in [2.75, 3.05) is 11.9 Å². The van der Waals surface area contributed by atoms with Crippen LogP contribution in [-0.2, 0) is 0 Å². The minimum atomic E-state index is 0.268. The lowest BCUT2D eigenvalue weighted by molar-refractivity contribution is 0.279. The van der Waals surface area contributed by atoms with Gasteiger partial charge in [-0.05, 0) is 18.6 Å². The van der Waals surface area contributed by atoms with Crippen molar-refractivity contribution in [3.63, 3.8) is 0 Å². The van der Waals surface area contributed by atoms with Crippen molar-refractivity contribution >= 4 is 5.69 Å². The third-order valence-corrected chi connectivity index (χ3v) is 2.29. The highest BCUT2D eigenvalue weighted by Crippen LogP contribution is 2.28. The van der Waals surface area contributed by atoms with E-state index in [0.717, 1.165) is 17.9 Å². The predicted molar refractivity (Wildman–Crippen MR) is 54.2 cm³/mol. The van der Waals surface area contributed by atoms with Crippen LogP contribution < -0.4 is 10.1 Å². The lowest BCUT2D eigenvalue weighted by Crippen LogP contribution is -2.31. The number of benzene rings is 1. The molecule has 0 saturated heterocycles. The molecule has 0 aliphatic carbocycles. The van der Waals surface area contributed by atoms with Gasteiger partial charge in [0, 0.05) is 6.42 Å². The van der Waals surface area contributed by atoms with Crippen LogP contribution in [0.15, 0.2) is 24.3 Å². The van der Waals surface area contributed by atoms with Crippen LogP contribution in [0.5, 0.6) is 5.75 Å². The molecule has 0 saturated carbocycles. The standard InChI is InChI=1S/C11H12N2O/c12-7-3-4-9-8-14-11-6-2-1-5-10(11)13-9/h1-2,5-6,9,13H,3-4,8H2. The van der Waals surface area contributed by atoms with Crippen molar-refractivity contribution in [2.24, 2.45) is 0 Å². The Labute approximate surface area is 83.3 Å². The molecule has 3 heteroatoms. The predicted octanol–water partition coefficient (Wildman–Crippen LogP) is 2.16. The van der Waals surface area contributed by atoms with E-state index in [1.54, 1.807) is 0 Å². The fourth-order valence-electron chi connectivity index (χ4n) is 1.56. The van der Waals surface area contributed by atoms with Crippen molar-refractivity contribution < 1.29 is 4.74 Å². The lowest BCUT2D eigenvalue weighted by atomic mass is 10.1. The quantitative estimate of drug-likeness (QED) is 0.773. The van der Waals surface area contributed by atoms with Gasteiger partial charge in [-0.15, -0.1) is 0 Å². The lowest BCUT2D eigenvalue weighted by Gasteiger charge is -2.26. The van der Waals surface area contributed by atoms with Crippen LogP contribution in [0.4, 0.5) is 5.69 Å². The monoisotopic (exact) mass is 188 g/mol. The highest BCUT2D eigenvalue weighted by Gasteiger charge is 2.17. The number of hydrogen-bond donors (Lipinski definition) is 1. The van der Waals surface area contributed by atoms with Gasteiger partial charge in [-0.2, -0.15) is 5.26 Å². The number of nitriles is 1. The van der Waals surface area contributed by atoms with E-state index in [4.69, 9.17) is 10.00 Å². The number of para-hydroxylation sites is 2. The molecule has 1 aromatic rings. The number of rotatable bonds is 2. The minimum absolute atomic E-state index is 0.268. The molecule has 1 aliphatic heterocycles. The zero-order chi connectivity index (χ0) is 9.80. The smallest absolute Gasteiger partial charge is 0.142 e. The van der Waals surface area contributed by atoms with Crippen molar-refractivity contribution in [3.8, 4) is 11.8 Å². The van der Waals surface area contributed by atoms with Gasteiger partial charge in [0.2, 0.25) is 0 Å². The number of nitrogens with one attached hydrogen (secondary N) is 1. The van der Waals surface area contributed by atoms with Crippen molar-refractivity contribution in [1.29, 1.82) is 5.26 Å². The Morgan fingerprint density at radius 3 is 3.21 bits per heavy atom. The van der Waals surface area contributed by atoms with E-state index >= 15 is 0 Å².